The maximum atomic E-state index is 9.55. The van der Waals surface area contributed by atoms with Gasteiger partial charge in [-0.2, -0.15) is 0 Å². The van der Waals surface area contributed by atoms with E-state index in [1.807, 2.05) is 0 Å². The third-order valence-electron chi connectivity index (χ3n) is 3.78. The molecule has 0 aromatic rings. The number of carboxylic acid groups (broad SMARTS) is 3. The van der Waals surface area contributed by atoms with Crippen molar-refractivity contribution in [3.63, 3.8) is 0 Å². The number of hydrogen-bond acceptors (Lipinski definition) is 4. The van der Waals surface area contributed by atoms with E-state index in [0.717, 1.165) is 6.92 Å². The predicted octanol–water partition coefficient (Wildman–Crippen LogP) is 4.72. The van der Waals surface area contributed by atoms with Crippen LogP contribution in [0.2, 0.25) is 8.87 Å². The molecule has 0 spiro atoms. The first kappa shape index (κ1) is 32.6. The minimum absolute atomic E-state index is 0.0736. The van der Waals surface area contributed by atoms with E-state index < -0.39 is 17.9 Å². The van der Waals surface area contributed by atoms with Crippen LogP contribution in [0.3, 0.4) is 0 Å². The van der Waals surface area contributed by atoms with Gasteiger partial charge in [0.2, 0.25) is 0 Å². The molecule has 1 radical (unpaired) electrons. The Hall–Kier alpha value is -1.05. The molecule has 0 fully saturated rings. The summed E-state index contributed by atoms with van der Waals surface area (Å²) in [6.45, 7) is 5.57. The minimum Gasteiger partial charge on any atom is -0.478 e. The molecule has 0 saturated carbocycles. The van der Waals surface area contributed by atoms with Crippen molar-refractivity contribution < 1.29 is 29.7 Å². The molecule has 0 aliphatic heterocycles. The van der Waals surface area contributed by atoms with Crippen molar-refractivity contribution in [3.05, 3.63) is 12.2 Å². The molecule has 0 saturated heterocycles. The van der Waals surface area contributed by atoms with Gasteiger partial charge in [-0.3, -0.25) is 0 Å². The molecule has 0 rings (SSSR count). The van der Waals surface area contributed by atoms with Crippen LogP contribution < -0.4 is 5.11 Å². The van der Waals surface area contributed by atoms with E-state index in [4.69, 9.17) is 20.1 Å². The first-order valence-electron chi connectivity index (χ1n) is 10.8. The van der Waals surface area contributed by atoms with Gasteiger partial charge < -0.3 is 20.1 Å². The average molecular weight is 520 g/mol. The van der Waals surface area contributed by atoms with Crippen molar-refractivity contribution in [1.82, 2.24) is 0 Å². The molecule has 6 nitrogen and oxygen atoms in total. The van der Waals surface area contributed by atoms with Crippen molar-refractivity contribution in [2.24, 2.45) is 0 Å². The molecule has 0 atom stereocenters. The zero-order chi connectivity index (χ0) is 22.8. The number of hydrogen-bond donors (Lipinski definition) is 2. The molecule has 0 aliphatic rings. The molecule has 0 bridgehead atoms. The van der Waals surface area contributed by atoms with Crippen LogP contribution in [0.4, 0.5) is 0 Å². The Kier molecular flexibility index (Phi) is 32.8. The first-order valence-corrected chi connectivity index (χ1v) is 14.8. The van der Waals surface area contributed by atoms with Crippen LogP contribution in [0.5, 0.6) is 0 Å². The van der Waals surface area contributed by atoms with Crippen LogP contribution in [0.15, 0.2) is 12.2 Å². The molecular formula is C22H41O6Sn. The Morgan fingerprint density at radius 1 is 0.690 bits per heavy atom. The topological polar surface area (TPSA) is 115 Å². The Labute approximate surface area is 187 Å². The number of carbonyl (C=O) groups is 3. The van der Waals surface area contributed by atoms with Gasteiger partial charge in [0.05, 0.1) is 0 Å². The second kappa shape index (κ2) is 29.2. The molecule has 29 heavy (non-hydrogen) atoms. The van der Waals surface area contributed by atoms with Crippen LogP contribution in [0.25, 0.3) is 0 Å². The summed E-state index contributed by atoms with van der Waals surface area (Å²) in [7, 11) is 0. The van der Waals surface area contributed by atoms with Gasteiger partial charge in [0, 0.05) is 18.1 Å². The van der Waals surface area contributed by atoms with E-state index in [-0.39, 0.29) is 21.1 Å². The zero-order valence-electron chi connectivity index (χ0n) is 18.6. The average Bonchev–Trinajstić information content (AvgIpc) is 2.64. The second-order valence-corrected chi connectivity index (χ2v) is 11.1. The quantitative estimate of drug-likeness (QED) is 0.173. The molecular weight excluding hydrogens is 479 g/mol. The fraction of sp³-hybridized carbons (Fsp3) is 0.773. The molecule has 0 heterocycles. The van der Waals surface area contributed by atoms with Crippen LogP contribution in [0.1, 0.15) is 97.8 Å². The molecule has 0 unspecified atom stereocenters. The monoisotopic (exact) mass is 521 g/mol. The van der Waals surface area contributed by atoms with E-state index in [2.05, 4.69) is 13.8 Å². The predicted molar refractivity (Wildman–Crippen MR) is 117 cm³/mol. The van der Waals surface area contributed by atoms with E-state index in [1.165, 1.54) is 64.2 Å². The Bertz CT molecular complexity index is 376. The van der Waals surface area contributed by atoms with Gasteiger partial charge in [-0.1, -0.05) is 0 Å². The van der Waals surface area contributed by atoms with Crippen molar-refractivity contribution in [3.8, 4) is 0 Å². The molecule has 0 amide bonds. The van der Waals surface area contributed by atoms with Gasteiger partial charge in [0.15, 0.2) is 0 Å². The summed E-state index contributed by atoms with van der Waals surface area (Å²) in [6, 6.07) is 0. The van der Waals surface area contributed by atoms with E-state index >= 15 is 0 Å². The first-order chi connectivity index (χ1) is 13.8. The van der Waals surface area contributed by atoms with Crippen LogP contribution in [0, 0.1) is 0 Å². The van der Waals surface area contributed by atoms with Crippen molar-refractivity contribution in [1.29, 1.82) is 0 Å². The third-order valence-corrected chi connectivity index (χ3v) is 7.82. The van der Waals surface area contributed by atoms with E-state index in [9.17, 15) is 9.59 Å². The van der Waals surface area contributed by atoms with Crippen LogP contribution in [-0.4, -0.2) is 49.3 Å². The molecule has 0 aromatic carbocycles. The Morgan fingerprint density at radius 3 is 1.24 bits per heavy atom. The van der Waals surface area contributed by atoms with Crippen LogP contribution >= 0.6 is 0 Å². The summed E-state index contributed by atoms with van der Waals surface area (Å²) >= 11 is 0.0736. The third kappa shape index (κ3) is 52.1. The van der Waals surface area contributed by atoms with E-state index in [1.54, 1.807) is 21.7 Å². The normalized spacial score (nSPS) is 9.76. The SMILES string of the molecule is CC(=O)[O-].CCCCCCC[CH2][Sn+][CH2]CCCCCCC.O=C(O)/C=C\C(=O)O. The minimum atomic E-state index is -1.26. The van der Waals surface area contributed by atoms with Gasteiger partial charge in [-0.25, -0.2) is 9.59 Å². The summed E-state index contributed by atoms with van der Waals surface area (Å²) in [5.41, 5.74) is 0. The summed E-state index contributed by atoms with van der Waals surface area (Å²) in [6.07, 6.45) is 18.9. The van der Waals surface area contributed by atoms with Crippen molar-refractivity contribution in [2.45, 2.75) is 107 Å². The fourth-order valence-electron chi connectivity index (χ4n) is 2.33. The largest absolute Gasteiger partial charge is 0.478 e. The summed E-state index contributed by atoms with van der Waals surface area (Å²) in [5, 5.41) is 24.5. The molecule has 0 aliphatic carbocycles. The van der Waals surface area contributed by atoms with Crippen molar-refractivity contribution in [2.75, 3.05) is 0 Å². The maximum Gasteiger partial charge on any atom is 0.328 e. The van der Waals surface area contributed by atoms with E-state index in [0.29, 0.717) is 12.2 Å². The van der Waals surface area contributed by atoms with Gasteiger partial charge in [-0.05, 0) is 6.92 Å². The van der Waals surface area contributed by atoms with Crippen molar-refractivity contribution >= 4 is 39.1 Å². The fourth-order valence-corrected chi connectivity index (χ4v) is 5.90. The molecule has 169 valence electrons. The summed E-state index contributed by atoms with van der Waals surface area (Å²) in [4.78, 5) is 28.0. The molecule has 0 aromatic heterocycles. The number of unbranched alkanes of at least 4 members (excludes halogenated alkanes) is 10. The summed E-state index contributed by atoms with van der Waals surface area (Å²) in [5.74, 6) is -3.60. The number of aliphatic carboxylic acids is 3. The number of rotatable bonds is 16. The molecule has 7 heteroatoms. The standard InChI is InChI=1S/2C8H17.C4H4O4.C2H4O2.Sn/c2*1-3-5-7-8-6-4-2;5-3(6)1-2-4(7)8;1-2(3)4;/h2*1,3-8H2,2H3;1-2H,(H,5,6)(H,7,8);1H3,(H,3,4);/q;;;;+1/p-1/b;;2-1-;;. The molecule has 2 N–H and O–H groups in total. The van der Waals surface area contributed by atoms with Gasteiger partial charge in [-0.15, -0.1) is 0 Å². The Morgan fingerprint density at radius 2 is 0.966 bits per heavy atom. The summed E-state index contributed by atoms with van der Waals surface area (Å²) < 4.78 is 3.31. The van der Waals surface area contributed by atoms with Crippen LogP contribution in [-0.2, 0) is 14.4 Å². The van der Waals surface area contributed by atoms with Gasteiger partial charge >= 0.3 is 133 Å². The Balaban J connectivity index is -0.000000465. The number of carboxylic acids is 3. The van der Waals surface area contributed by atoms with Gasteiger partial charge in [0.25, 0.3) is 0 Å². The maximum absolute atomic E-state index is 9.55. The smallest absolute Gasteiger partial charge is 0.328 e. The van der Waals surface area contributed by atoms with Gasteiger partial charge in [0.1, 0.15) is 0 Å². The zero-order valence-corrected chi connectivity index (χ0v) is 21.4. The second-order valence-electron chi connectivity index (χ2n) is 6.79. The number of carbonyl (C=O) groups excluding carboxylic acids is 1.